The largest absolute Gasteiger partial charge is 0.467 e. The third kappa shape index (κ3) is 10.0. The lowest BCUT2D eigenvalue weighted by Crippen LogP contribution is -2.23. The first-order valence-electron chi connectivity index (χ1n) is 5.83. The second kappa shape index (κ2) is 12.3. The maximum atomic E-state index is 10.8. The molecule has 0 rings (SSSR count). The van der Waals surface area contributed by atoms with Gasteiger partial charge in [0.1, 0.15) is 0 Å². The molecule has 6 heteroatoms. The van der Waals surface area contributed by atoms with E-state index in [1.807, 2.05) is 6.92 Å². The van der Waals surface area contributed by atoms with Gasteiger partial charge < -0.3 is 18.9 Å². The molecule has 108 valence electrons. The summed E-state index contributed by atoms with van der Waals surface area (Å²) in [7, 11) is 2.79. The van der Waals surface area contributed by atoms with Crippen molar-refractivity contribution in [3.63, 3.8) is 0 Å². The van der Waals surface area contributed by atoms with E-state index in [2.05, 4.69) is 9.47 Å². The Morgan fingerprint density at radius 2 is 1.50 bits per heavy atom. The summed E-state index contributed by atoms with van der Waals surface area (Å²) in [5, 5.41) is 0. The molecule has 0 N–H and O–H groups in total. The molecule has 0 bridgehead atoms. The van der Waals surface area contributed by atoms with E-state index in [1.54, 1.807) is 20.8 Å². The number of carbonyl (C=O) groups is 2. The van der Waals surface area contributed by atoms with Crippen molar-refractivity contribution in [1.29, 1.82) is 0 Å². The van der Waals surface area contributed by atoms with Gasteiger partial charge in [-0.15, -0.1) is 0 Å². The van der Waals surface area contributed by atoms with Gasteiger partial charge in [-0.1, -0.05) is 0 Å². The first-order valence-corrected chi connectivity index (χ1v) is 5.83. The topological polar surface area (TPSA) is 71.1 Å². The van der Waals surface area contributed by atoms with E-state index in [1.165, 1.54) is 14.2 Å². The second-order valence-corrected chi connectivity index (χ2v) is 3.25. The molecule has 2 unspecified atom stereocenters. The molecule has 6 nitrogen and oxygen atoms in total. The summed E-state index contributed by atoms with van der Waals surface area (Å²) in [6, 6.07) is 0. The Kier molecular flexibility index (Phi) is 13.1. The summed E-state index contributed by atoms with van der Waals surface area (Å²) in [6.45, 7) is 7.88. The minimum absolute atomic E-state index is 0.288. The Bertz CT molecular complexity index is 229. The van der Waals surface area contributed by atoms with Crippen LogP contribution in [0.5, 0.6) is 0 Å². The van der Waals surface area contributed by atoms with Crippen molar-refractivity contribution in [1.82, 2.24) is 0 Å². The van der Waals surface area contributed by atoms with E-state index in [0.29, 0.717) is 13.2 Å². The van der Waals surface area contributed by atoms with Gasteiger partial charge in [0.15, 0.2) is 12.2 Å². The lowest BCUT2D eigenvalue weighted by atomic mass is 10.4. The standard InChI is InChI=1S/C7H14O3.C5H10O3/c1-4-9-6(3)7(8)10-5-2;1-4(7-2)5(6)8-3/h6H,4-5H2,1-3H3;4H,1-3H3. The van der Waals surface area contributed by atoms with Crippen LogP contribution in [0.25, 0.3) is 0 Å². The maximum absolute atomic E-state index is 10.8. The molecule has 0 saturated heterocycles. The second-order valence-electron chi connectivity index (χ2n) is 3.25. The van der Waals surface area contributed by atoms with Crippen LogP contribution in [-0.2, 0) is 28.5 Å². The van der Waals surface area contributed by atoms with Crippen LogP contribution in [0.1, 0.15) is 27.7 Å². The Morgan fingerprint density at radius 3 is 1.78 bits per heavy atom. The van der Waals surface area contributed by atoms with Crippen LogP contribution >= 0.6 is 0 Å². The third-order valence-corrected chi connectivity index (χ3v) is 1.92. The quantitative estimate of drug-likeness (QED) is 0.671. The molecule has 0 amide bonds. The van der Waals surface area contributed by atoms with Crippen molar-refractivity contribution in [2.24, 2.45) is 0 Å². The van der Waals surface area contributed by atoms with Crippen molar-refractivity contribution in [2.75, 3.05) is 27.4 Å². The Balaban J connectivity index is 0. The summed E-state index contributed by atoms with van der Waals surface area (Å²) in [5.74, 6) is -0.628. The highest BCUT2D eigenvalue weighted by Gasteiger charge is 2.12. The van der Waals surface area contributed by atoms with Crippen molar-refractivity contribution >= 4 is 11.9 Å². The van der Waals surface area contributed by atoms with E-state index < -0.39 is 12.2 Å². The first-order chi connectivity index (χ1) is 8.44. The minimum Gasteiger partial charge on any atom is -0.467 e. The fraction of sp³-hybridized carbons (Fsp3) is 0.833. The van der Waals surface area contributed by atoms with Gasteiger partial charge in [-0.2, -0.15) is 0 Å². The fourth-order valence-electron chi connectivity index (χ4n) is 0.840. The predicted molar refractivity (Wildman–Crippen MR) is 66.2 cm³/mol. The molecule has 0 saturated carbocycles. The monoisotopic (exact) mass is 264 g/mol. The van der Waals surface area contributed by atoms with Crippen LogP contribution in [0.3, 0.4) is 0 Å². The molecule has 0 fully saturated rings. The molecule has 0 aromatic heterocycles. The van der Waals surface area contributed by atoms with E-state index in [9.17, 15) is 9.59 Å². The molecule has 2 atom stereocenters. The lowest BCUT2D eigenvalue weighted by Gasteiger charge is -2.08. The molecule has 0 spiro atoms. The number of rotatable bonds is 6. The van der Waals surface area contributed by atoms with Gasteiger partial charge in [0, 0.05) is 13.7 Å². The van der Waals surface area contributed by atoms with Gasteiger partial charge in [0.2, 0.25) is 0 Å². The highest BCUT2D eigenvalue weighted by molar-refractivity contribution is 5.74. The number of methoxy groups -OCH3 is 2. The van der Waals surface area contributed by atoms with Gasteiger partial charge in [-0.05, 0) is 27.7 Å². The predicted octanol–water partition coefficient (Wildman–Crippen LogP) is 1.17. The summed E-state index contributed by atoms with van der Waals surface area (Å²) < 4.78 is 18.6. The Labute approximate surface area is 109 Å². The van der Waals surface area contributed by atoms with Gasteiger partial charge in [-0.3, -0.25) is 0 Å². The number of hydrogen-bond acceptors (Lipinski definition) is 6. The SMILES string of the molecule is CCOC(=O)C(C)OCC.COC(=O)C(C)OC. The number of esters is 2. The highest BCUT2D eigenvalue weighted by atomic mass is 16.6. The molecule has 0 aliphatic heterocycles. The van der Waals surface area contributed by atoms with Gasteiger partial charge in [0.25, 0.3) is 0 Å². The van der Waals surface area contributed by atoms with Crippen molar-refractivity contribution in [3.05, 3.63) is 0 Å². The average molecular weight is 264 g/mol. The number of carbonyl (C=O) groups excluding carboxylic acids is 2. The molecule has 18 heavy (non-hydrogen) atoms. The molecular formula is C12H24O6. The van der Waals surface area contributed by atoms with Crippen LogP contribution in [0.2, 0.25) is 0 Å². The lowest BCUT2D eigenvalue weighted by molar-refractivity contribution is -0.155. The zero-order valence-electron chi connectivity index (χ0n) is 12.0. The van der Waals surface area contributed by atoms with Crippen LogP contribution in [0, 0.1) is 0 Å². The Morgan fingerprint density at radius 1 is 0.944 bits per heavy atom. The summed E-state index contributed by atoms with van der Waals surface area (Å²) in [4.78, 5) is 21.2. The molecule has 0 heterocycles. The van der Waals surface area contributed by atoms with E-state index >= 15 is 0 Å². The van der Waals surface area contributed by atoms with Crippen LogP contribution < -0.4 is 0 Å². The van der Waals surface area contributed by atoms with Gasteiger partial charge in [-0.25, -0.2) is 9.59 Å². The zero-order valence-corrected chi connectivity index (χ0v) is 12.0. The fourth-order valence-corrected chi connectivity index (χ4v) is 0.840. The van der Waals surface area contributed by atoms with Crippen molar-refractivity contribution in [3.8, 4) is 0 Å². The first kappa shape index (κ1) is 19.2. The summed E-state index contributed by atoms with van der Waals surface area (Å²) in [5.41, 5.74) is 0. The molecule has 0 aliphatic carbocycles. The highest BCUT2D eigenvalue weighted by Crippen LogP contribution is 1.93. The molecule has 0 aromatic rings. The van der Waals surface area contributed by atoms with Crippen molar-refractivity contribution < 1.29 is 28.5 Å². The molecule has 0 aliphatic rings. The zero-order chi connectivity index (χ0) is 14.6. The van der Waals surface area contributed by atoms with E-state index in [-0.39, 0.29) is 11.9 Å². The van der Waals surface area contributed by atoms with Crippen LogP contribution in [0.15, 0.2) is 0 Å². The van der Waals surface area contributed by atoms with Gasteiger partial charge in [0.05, 0.1) is 13.7 Å². The molecular weight excluding hydrogens is 240 g/mol. The van der Waals surface area contributed by atoms with Crippen LogP contribution in [0.4, 0.5) is 0 Å². The van der Waals surface area contributed by atoms with E-state index in [4.69, 9.17) is 9.47 Å². The normalized spacial score (nSPS) is 12.8. The third-order valence-electron chi connectivity index (χ3n) is 1.92. The molecule has 0 radical (unpaired) electrons. The molecule has 0 aromatic carbocycles. The minimum atomic E-state index is -0.444. The summed E-state index contributed by atoms with van der Waals surface area (Å²) in [6.07, 6.45) is -0.870. The maximum Gasteiger partial charge on any atom is 0.334 e. The summed E-state index contributed by atoms with van der Waals surface area (Å²) >= 11 is 0. The van der Waals surface area contributed by atoms with Gasteiger partial charge >= 0.3 is 11.9 Å². The van der Waals surface area contributed by atoms with E-state index in [0.717, 1.165) is 0 Å². The smallest absolute Gasteiger partial charge is 0.334 e. The van der Waals surface area contributed by atoms with Crippen LogP contribution in [-0.4, -0.2) is 51.6 Å². The number of hydrogen-bond donors (Lipinski definition) is 0. The van der Waals surface area contributed by atoms with Crippen molar-refractivity contribution in [2.45, 2.75) is 39.9 Å². The Hall–Kier alpha value is -1.14. The number of ether oxygens (including phenoxy) is 4. The average Bonchev–Trinajstić information content (AvgIpc) is 2.38.